The van der Waals surface area contributed by atoms with Gasteiger partial charge in [-0.2, -0.15) is 22.7 Å². The Balaban J connectivity index is 1.79. The Labute approximate surface area is 195 Å². The Morgan fingerprint density at radius 3 is 2.49 bits per heavy atom. The second-order valence-electron chi connectivity index (χ2n) is 8.94. The van der Waals surface area contributed by atoms with Gasteiger partial charge in [0.25, 0.3) is 5.91 Å². The van der Waals surface area contributed by atoms with Gasteiger partial charge in [0.05, 0.1) is 24.1 Å². The third-order valence-electron chi connectivity index (χ3n) is 6.11. The number of nitrogen functional groups attached to an aromatic ring is 1. The maximum absolute atomic E-state index is 14.2. The van der Waals surface area contributed by atoms with Gasteiger partial charge >= 0.3 is 6.18 Å². The van der Waals surface area contributed by atoms with Crippen molar-refractivity contribution < 1.29 is 37.0 Å². The summed E-state index contributed by atoms with van der Waals surface area (Å²) in [5.74, 6) is -4.11. The normalized spacial score (nSPS) is 21.4. The monoisotopic (exact) mass is 497 g/mol. The molecule has 13 heteroatoms. The number of halogens is 5. The summed E-state index contributed by atoms with van der Waals surface area (Å²) in [5, 5.41) is 27.2. The van der Waals surface area contributed by atoms with Crippen LogP contribution in [0.3, 0.4) is 0 Å². The van der Waals surface area contributed by atoms with Crippen molar-refractivity contribution in [1.29, 1.82) is 0 Å². The van der Waals surface area contributed by atoms with E-state index in [9.17, 15) is 37.0 Å². The predicted molar refractivity (Wildman–Crippen MR) is 113 cm³/mol. The van der Waals surface area contributed by atoms with Crippen LogP contribution in [0, 0.1) is 11.8 Å². The fraction of sp³-hybridized carbons (Fsp3) is 0.318. The number of phenols is 1. The first-order valence-electron chi connectivity index (χ1n) is 10.2. The number of aromatic nitrogens is 3. The molecule has 0 aliphatic heterocycles. The summed E-state index contributed by atoms with van der Waals surface area (Å²) in [7, 11) is 0. The molecular weight excluding hydrogens is 477 g/mol. The zero-order valence-corrected chi connectivity index (χ0v) is 18.4. The van der Waals surface area contributed by atoms with Crippen LogP contribution in [0.25, 0.3) is 5.69 Å². The molecule has 0 bridgehead atoms. The summed E-state index contributed by atoms with van der Waals surface area (Å²) in [6.07, 6.45) is -4.12. The molecule has 0 saturated heterocycles. The van der Waals surface area contributed by atoms with Gasteiger partial charge in [-0.25, -0.2) is 14.1 Å². The molecule has 0 spiro atoms. The second kappa shape index (κ2) is 7.90. The number of aromatic hydroxyl groups is 1. The van der Waals surface area contributed by atoms with E-state index in [2.05, 4.69) is 15.4 Å². The molecule has 3 aromatic rings. The Morgan fingerprint density at radius 1 is 1.20 bits per heavy atom. The number of rotatable bonds is 3. The Morgan fingerprint density at radius 2 is 1.89 bits per heavy atom. The van der Waals surface area contributed by atoms with Crippen molar-refractivity contribution in [2.24, 2.45) is 0 Å². The van der Waals surface area contributed by atoms with Gasteiger partial charge in [0.1, 0.15) is 11.4 Å². The number of phenolic OH excluding ortho intramolecular Hbond substituents is 1. The lowest BCUT2D eigenvalue weighted by molar-refractivity contribution is -0.280. The lowest BCUT2D eigenvalue weighted by Gasteiger charge is -2.48. The van der Waals surface area contributed by atoms with Crippen LogP contribution in [0.15, 0.2) is 36.7 Å². The molecule has 186 valence electrons. The number of benzene rings is 1. The van der Waals surface area contributed by atoms with Crippen LogP contribution in [-0.4, -0.2) is 42.7 Å². The Kier molecular flexibility index (Phi) is 5.51. The molecule has 0 saturated carbocycles. The minimum atomic E-state index is -5.21. The van der Waals surface area contributed by atoms with Crippen molar-refractivity contribution >= 4 is 11.7 Å². The molecule has 1 aliphatic carbocycles. The molecule has 2 atom stereocenters. The molecule has 0 radical (unpaired) electrons. The van der Waals surface area contributed by atoms with Gasteiger partial charge in [-0.05, 0) is 35.6 Å². The number of aliphatic hydroxyl groups is 1. The average Bonchev–Trinajstić information content (AvgIpc) is 3.13. The fourth-order valence-electron chi connectivity index (χ4n) is 4.56. The number of amides is 1. The van der Waals surface area contributed by atoms with Crippen molar-refractivity contribution in [2.75, 3.05) is 5.73 Å². The van der Waals surface area contributed by atoms with Crippen LogP contribution in [-0.2, 0) is 5.41 Å². The molecule has 2 aromatic heterocycles. The topological polar surface area (TPSA) is 126 Å². The van der Waals surface area contributed by atoms with E-state index in [1.807, 2.05) is 0 Å². The van der Waals surface area contributed by atoms with Gasteiger partial charge in [0, 0.05) is 5.56 Å². The maximum atomic E-state index is 14.2. The third kappa shape index (κ3) is 3.85. The minimum absolute atomic E-state index is 0.169. The summed E-state index contributed by atoms with van der Waals surface area (Å²) >= 11 is 0. The van der Waals surface area contributed by atoms with Crippen LogP contribution >= 0.6 is 0 Å². The predicted octanol–water partition coefficient (Wildman–Crippen LogP) is 3.28. The van der Waals surface area contributed by atoms with Gasteiger partial charge in [0.2, 0.25) is 5.95 Å². The summed E-state index contributed by atoms with van der Waals surface area (Å²) in [5.41, 5.74) is 0.359. The van der Waals surface area contributed by atoms with Crippen molar-refractivity contribution in [1.82, 2.24) is 20.1 Å². The van der Waals surface area contributed by atoms with E-state index >= 15 is 0 Å². The highest BCUT2D eigenvalue weighted by molar-refractivity contribution is 5.98. The van der Waals surface area contributed by atoms with E-state index in [1.54, 1.807) is 0 Å². The van der Waals surface area contributed by atoms with E-state index in [0.29, 0.717) is 0 Å². The number of anilines is 1. The average molecular weight is 497 g/mol. The molecule has 0 fully saturated rings. The summed E-state index contributed by atoms with van der Waals surface area (Å²) < 4.78 is 70.7. The quantitative estimate of drug-likeness (QED) is 0.325. The number of fused-ring (bicyclic) bond motifs is 1. The van der Waals surface area contributed by atoms with Gasteiger partial charge in [-0.15, -0.1) is 0 Å². The van der Waals surface area contributed by atoms with Crippen molar-refractivity contribution in [3.05, 3.63) is 65.1 Å². The summed E-state index contributed by atoms with van der Waals surface area (Å²) in [4.78, 5) is 16.5. The van der Waals surface area contributed by atoms with E-state index < -0.39 is 53.1 Å². The van der Waals surface area contributed by atoms with Gasteiger partial charge in [-0.1, -0.05) is 19.9 Å². The second-order valence-corrected chi connectivity index (χ2v) is 8.94. The van der Waals surface area contributed by atoms with Crippen LogP contribution in [0.5, 0.6) is 5.75 Å². The van der Waals surface area contributed by atoms with Gasteiger partial charge < -0.3 is 21.3 Å². The Bertz CT molecular complexity index is 1310. The largest absolute Gasteiger partial charge is 0.505 e. The zero-order valence-electron chi connectivity index (χ0n) is 18.4. The number of carbonyl (C=O) groups is 1. The molecule has 8 nitrogen and oxygen atoms in total. The number of pyridine rings is 1. The fourth-order valence-corrected chi connectivity index (χ4v) is 4.56. The maximum Gasteiger partial charge on any atom is 0.419 e. The zero-order chi connectivity index (χ0) is 25.9. The van der Waals surface area contributed by atoms with E-state index in [0.717, 1.165) is 35.3 Å². The molecule has 2 heterocycles. The number of nitrogens with two attached hydrogens (primary N) is 1. The molecule has 4 rings (SSSR count). The third-order valence-corrected chi connectivity index (χ3v) is 6.11. The van der Waals surface area contributed by atoms with Crippen LogP contribution in [0.1, 0.15) is 47.8 Å². The number of nitrogens with zero attached hydrogens (tertiary/aromatic N) is 3. The number of alkyl halides is 3. The van der Waals surface area contributed by atoms with Gasteiger partial charge in [-0.3, -0.25) is 4.79 Å². The van der Waals surface area contributed by atoms with E-state index in [1.165, 1.54) is 19.9 Å². The highest BCUT2D eigenvalue weighted by Gasteiger charge is 2.64. The standard InChI is InChI=1S/C22H20F5N5O3/c1-20(2)9-21(35,22(25,26)27)17(11-4-5-13(23)16(33)15(11)20)31-19(34)12-8-30-32(18(12)28)10-3-6-14(24)29-7-10/h3-8,17,33,35H,9,28H2,1-2H3,(H,31,34). The molecular formula is C22H20F5N5O3. The minimum Gasteiger partial charge on any atom is -0.505 e. The van der Waals surface area contributed by atoms with Crippen molar-refractivity contribution in [3.8, 4) is 11.4 Å². The van der Waals surface area contributed by atoms with Crippen LogP contribution < -0.4 is 11.1 Å². The summed E-state index contributed by atoms with van der Waals surface area (Å²) in [6.45, 7) is 2.64. The number of nitrogens with one attached hydrogen (secondary N) is 1. The smallest absolute Gasteiger partial charge is 0.419 e. The first-order chi connectivity index (χ1) is 16.2. The lowest BCUT2D eigenvalue weighted by Crippen LogP contribution is -2.60. The molecule has 5 N–H and O–H groups in total. The number of hydrogen-bond donors (Lipinski definition) is 4. The Hall–Kier alpha value is -3.74. The summed E-state index contributed by atoms with van der Waals surface area (Å²) in [6, 6.07) is 1.90. The molecule has 1 amide bonds. The SMILES string of the molecule is CC1(C)CC(O)(C(F)(F)F)C(NC(=O)c2cnn(-c3ccc(F)nc3)c2N)c2ccc(F)c(O)c21. The lowest BCUT2D eigenvalue weighted by atomic mass is 9.63. The van der Waals surface area contributed by atoms with Crippen molar-refractivity contribution in [2.45, 2.75) is 43.5 Å². The van der Waals surface area contributed by atoms with Gasteiger partial charge in [0.15, 0.2) is 17.2 Å². The first kappa shape index (κ1) is 24.4. The number of hydrogen-bond acceptors (Lipinski definition) is 6. The molecule has 1 aromatic carbocycles. The van der Waals surface area contributed by atoms with E-state index in [-0.39, 0.29) is 28.2 Å². The van der Waals surface area contributed by atoms with E-state index in [4.69, 9.17) is 5.73 Å². The molecule has 1 aliphatic rings. The highest BCUT2D eigenvalue weighted by atomic mass is 19.4. The molecule has 2 unspecified atom stereocenters. The molecule has 35 heavy (non-hydrogen) atoms. The van der Waals surface area contributed by atoms with Crippen molar-refractivity contribution in [3.63, 3.8) is 0 Å². The van der Waals surface area contributed by atoms with Crippen LogP contribution in [0.4, 0.5) is 27.8 Å². The van der Waals surface area contributed by atoms with Crippen LogP contribution in [0.2, 0.25) is 0 Å². The number of carbonyl (C=O) groups excluding carboxylic acids is 1. The highest BCUT2D eigenvalue weighted by Crippen LogP contribution is 2.55. The first-order valence-corrected chi connectivity index (χ1v) is 10.2.